The number of fused-ring (bicyclic) bond motifs is 4. The van der Waals surface area contributed by atoms with Gasteiger partial charge in [-0.1, -0.05) is 47.5 Å². The van der Waals surface area contributed by atoms with E-state index >= 15 is 0 Å². The number of pyridine rings is 4. The number of anilines is 5. The molecule has 0 bridgehead atoms. The number of benzene rings is 3. The van der Waals surface area contributed by atoms with Gasteiger partial charge in [0.15, 0.2) is 0 Å². The number of imidazole rings is 1. The predicted molar refractivity (Wildman–Crippen MR) is 493 cm³/mol. The van der Waals surface area contributed by atoms with Crippen LogP contribution in [0.2, 0.25) is 10.0 Å². The molecule has 3 aromatic carbocycles. The van der Waals surface area contributed by atoms with E-state index in [0.717, 1.165) is 126 Å². The molecule has 7 aliphatic heterocycles. The summed E-state index contributed by atoms with van der Waals surface area (Å²) in [6.45, 7) is 31.1. The van der Waals surface area contributed by atoms with Crippen LogP contribution in [0, 0.1) is 9.52 Å². The first-order valence-corrected chi connectivity index (χ1v) is 44.6. The molecule has 672 valence electrons. The maximum Gasteiger partial charge on any atom is 0.495 e. The van der Waals surface area contributed by atoms with Gasteiger partial charge in [0.1, 0.15) is 49.4 Å². The number of nitrogens with zero attached hydrogens (tertiary/aromatic N) is 11. The first-order valence-electron chi connectivity index (χ1n) is 41.9. The van der Waals surface area contributed by atoms with Crippen LogP contribution in [-0.2, 0) is 77.0 Å². The predicted octanol–water partition coefficient (Wildman–Crippen LogP) is 18.0. The fourth-order valence-electron chi connectivity index (χ4n) is 15.3. The van der Waals surface area contributed by atoms with E-state index < -0.39 is 71.1 Å². The summed E-state index contributed by atoms with van der Waals surface area (Å²) in [7, 11) is 11.5. The Morgan fingerprint density at radius 1 is 0.544 bits per heavy atom. The molecule has 0 spiro atoms. The number of nitrogens with one attached hydrogen (secondary N) is 2. The third kappa shape index (κ3) is 24.7. The number of amides is 6. The van der Waals surface area contributed by atoms with Crippen molar-refractivity contribution in [3.05, 3.63) is 189 Å². The molecule has 8 aromatic rings. The first kappa shape index (κ1) is 97.1. The molecular formula is C91H116BBrCl2FIN14O14. The van der Waals surface area contributed by atoms with Crippen LogP contribution in [-0.4, -0.2) is 207 Å². The highest BCUT2D eigenvalue weighted by Crippen LogP contribution is 2.43. The number of aromatic nitrogens is 5. The number of imide groups is 3. The van der Waals surface area contributed by atoms with Gasteiger partial charge in [0.25, 0.3) is 17.7 Å². The zero-order valence-corrected chi connectivity index (χ0v) is 80.1. The van der Waals surface area contributed by atoms with Gasteiger partial charge in [-0.2, -0.15) is 0 Å². The Labute approximate surface area is 764 Å². The lowest BCUT2D eigenvalue weighted by Gasteiger charge is -2.32. The third-order valence-corrected chi connectivity index (χ3v) is 24.0. The van der Waals surface area contributed by atoms with Gasteiger partial charge in [-0.15, -0.1) is 0 Å². The minimum absolute atomic E-state index is 0.0556. The molecule has 4 fully saturated rings. The molecule has 4 N–H and O–H groups in total. The van der Waals surface area contributed by atoms with Crippen molar-refractivity contribution in [2.45, 2.75) is 214 Å². The van der Waals surface area contributed by atoms with E-state index in [1.54, 1.807) is 99.0 Å². The van der Waals surface area contributed by atoms with Crippen molar-refractivity contribution in [2.75, 3.05) is 98.3 Å². The molecule has 6 amide bonds. The molecular weight excluding hydrogens is 1820 g/mol. The number of halogens is 5. The van der Waals surface area contributed by atoms with Gasteiger partial charge >= 0.3 is 25.4 Å². The quantitative estimate of drug-likeness (QED) is 0.0517. The highest BCUT2D eigenvalue weighted by atomic mass is 127. The molecule has 34 heteroatoms. The number of hydrogen-bond donors (Lipinski definition) is 3. The summed E-state index contributed by atoms with van der Waals surface area (Å²) in [5.41, 5.74) is 15.1. The van der Waals surface area contributed by atoms with E-state index in [1.807, 2.05) is 90.6 Å². The number of nitrogens with two attached hydrogens (primary N) is 1. The summed E-state index contributed by atoms with van der Waals surface area (Å²) in [6.07, 6.45) is 7.42. The Bertz CT molecular complexity index is 5260. The lowest BCUT2D eigenvalue weighted by atomic mass is 9.74. The molecule has 0 atom stereocenters. The van der Waals surface area contributed by atoms with Gasteiger partial charge < -0.3 is 68.8 Å². The van der Waals surface area contributed by atoms with Crippen molar-refractivity contribution in [3.8, 4) is 0 Å². The van der Waals surface area contributed by atoms with E-state index in [2.05, 4.69) is 106 Å². The molecule has 28 nitrogen and oxygen atoms in total. The topological polar surface area (TPSA) is 302 Å². The summed E-state index contributed by atoms with van der Waals surface area (Å²) in [5, 5.41) is 7.60. The standard InChI is InChI=1S/C32H45BN4O6.C26H33ClN4O4.C13H13BrClNO3.C13H21N3O.C7H4FIN2/c1-30(2,3)41-29(39)37-18-22-23(33-42-31(4,5)32(6,7)43-33)11-12-24(27(22)28(37)38)34-26-13-10-21(20-14-16-40-17-15-20)25(35-26)19-36(8)9;1-26(2,3)35-25(33)31-14-18-19(27)7-8-20(23(18)24(31)32)28-22-9-6-17(16-10-12-34-13-11-16)21(29-22)15-30(4)5;1-13(2,3)19-12(18)16-6-7-9(15)5-4-8(14)10(7)11(16)17;1-16(2)9-12-11(3-4-13(14)15-12)10-5-7-17-8-6-10;8-5-1-2-11-6(9)4-10-7(11)3-5/h10-13,20H,14-19H2,1-9H3,(H,34,35);6-9,16H,10-15H2,1-5H3,(H,28,29);4-5H,6H2,1-3H3;3-4,10H,5-9H2,1-2H3,(H2,14,15);1-4H. The lowest BCUT2D eigenvalue weighted by Crippen LogP contribution is -2.41. The Hall–Kier alpha value is -8.52. The van der Waals surface area contributed by atoms with Gasteiger partial charge in [0.05, 0.1) is 82.2 Å². The van der Waals surface area contributed by atoms with Gasteiger partial charge in [0.2, 0.25) is 0 Å². The zero-order chi connectivity index (χ0) is 91.1. The normalized spacial score (nSPS) is 17.1. The fraction of sp³-hybridized carbons (Fsp3) is 0.495. The van der Waals surface area contributed by atoms with E-state index in [-0.39, 0.29) is 25.5 Å². The second-order valence-corrected chi connectivity index (χ2v) is 39.4. The molecule has 0 unspecified atom stereocenters. The Morgan fingerprint density at radius 3 is 1.32 bits per heavy atom. The first-order chi connectivity index (χ1) is 58.7. The molecule has 0 saturated carbocycles. The van der Waals surface area contributed by atoms with Gasteiger partial charge in [-0.3, -0.25) is 18.8 Å². The van der Waals surface area contributed by atoms with E-state index in [9.17, 15) is 33.2 Å². The van der Waals surface area contributed by atoms with E-state index in [0.29, 0.717) is 113 Å². The third-order valence-electron chi connectivity index (χ3n) is 21.9. The molecule has 7 aliphatic rings. The summed E-state index contributed by atoms with van der Waals surface area (Å²) >= 11 is 17.9. The SMILES string of the molecule is CC(C)(C)OC(=O)N1Cc2c(Cl)ccc(Br)c2C1=O.CN(C)Cc1nc(N)ccc1C1CCOCC1.CN(C)Cc1nc(Nc2ccc(B3OC(C)(C)C(C)(C)O3)c3c2C(=O)N(C(=O)OC(C)(C)C)C3)ccc1C1CCOCC1.CN(C)Cc1nc(Nc2ccc(Cl)c3c2C(=O)N(C(=O)OC(C)(C)C)C3)ccc1C1CCOCC1.Fc1ccn2c(I)cnc2c1. The monoisotopic (exact) mass is 1930 g/mol. The maximum atomic E-state index is 13.9. The molecule has 0 radical (unpaired) electrons. The zero-order valence-electron chi connectivity index (χ0n) is 74.9. The fourth-order valence-corrected chi connectivity index (χ4v) is 16.8. The summed E-state index contributed by atoms with van der Waals surface area (Å²) < 4.78 is 61.5. The van der Waals surface area contributed by atoms with Crippen LogP contribution in [0.15, 0.2) is 102 Å². The lowest BCUT2D eigenvalue weighted by molar-refractivity contribution is 0.00578. The Morgan fingerprint density at radius 2 is 0.912 bits per heavy atom. The molecule has 125 heavy (non-hydrogen) atoms. The van der Waals surface area contributed by atoms with Crippen molar-refractivity contribution >= 4 is 145 Å². The van der Waals surface area contributed by atoms with Crippen LogP contribution in [0.5, 0.6) is 0 Å². The second-order valence-electron chi connectivity index (χ2n) is 36.6. The van der Waals surface area contributed by atoms with E-state index in [1.165, 1.54) is 28.8 Å². The van der Waals surface area contributed by atoms with Gasteiger partial charge in [-0.25, -0.2) is 53.4 Å². The van der Waals surface area contributed by atoms with Crippen molar-refractivity contribution in [1.82, 2.24) is 53.7 Å². The number of hydrogen-bond acceptors (Lipinski definition) is 24. The van der Waals surface area contributed by atoms with Crippen molar-refractivity contribution in [2.24, 2.45) is 0 Å². The second kappa shape index (κ2) is 40.9. The molecule has 4 saturated heterocycles. The average molecular weight is 1940 g/mol. The summed E-state index contributed by atoms with van der Waals surface area (Å²) in [5.74, 6) is 1.75. The Kier molecular flexibility index (Phi) is 31.7. The molecule has 5 aromatic heterocycles. The van der Waals surface area contributed by atoms with Crippen LogP contribution in [0.25, 0.3) is 5.65 Å². The van der Waals surface area contributed by atoms with Crippen LogP contribution in [0.4, 0.5) is 47.6 Å². The molecule has 12 heterocycles. The van der Waals surface area contributed by atoms with Crippen LogP contribution < -0.4 is 21.8 Å². The highest BCUT2D eigenvalue weighted by molar-refractivity contribution is 14.1. The largest absolute Gasteiger partial charge is 0.495 e. The number of carbonyl (C=O) groups is 6. The number of carbonyl (C=O) groups excluding carboxylic acids is 6. The molecule has 0 aliphatic carbocycles. The summed E-state index contributed by atoms with van der Waals surface area (Å²) in [6, 6.07) is 25.6. The van der Waals surface area contributed by atoms with E-state index in [4.69, 9.17) is 76.6 Å². The van der Waals surface area contributed by atoms with Gasteiger partial charge in [-0.05, 0) is 309 Å². The maximum absolute atomic E-state index is 13.9. The van der Waals surface area contributed by atoms with Crippen molar-refractivity contribution in [3.63, 3.8) is 0 Å². The minimum atomic E-state index is -0.749. The van der Waals surface area contributed by atoms with Crippen molar-refractivity contribution in [1.29, 1.82) is 0 Å². The summed E-state index contributed by atoms with van der Waals surface area (Å²) in [4.78, 5) is 105. The minimum Gasteiger partial charge on any atom is -0.443 e. The molecule has 15 rings (SSSR count). The Balaban J connectivity index is 0.000000164. The number of rotatable bonds is 14. The number of ether oxygens (including phenoxy) is 6. The van der Waals surface area contributed by atoms with Crippen LogP contribution >= 0.6 is 61.7 Å². The highest BCUT2D eigenvalue weighted by Gasteiger charge is 2.54. The average Bonchev–Trinajstić information content (AvgIpc) is 1.58. The van der Waals surface area contributed by atoms with Crippen molar-refractivity contribution < 1.29 is 70.9 Å². The van der Waals surface area contributed by atoms with Crippen LogP contribution in [0.3, 0.4) is 0 Å². The number of nitrogen functional groups attached to an aromatic ring is 1. The smallest absolute Gasteiger partial charge is 0.443 e. The van der Waals surface area contributed by atoms with Crippen LogP contribution in [0.1, 0.15) is 228 Å². The van der Waals surface area contributed by atoms with Gasteiger partial charge in [0, 0.05) is 97.2 Å².